The van der Waals surface area contributed by atoms with Gasteiger partial charge in [-0.25, -0.2) is 0 Å². The summed E-state index contributed by atoms with van der Waals surface area (Å²) in [5.74, 6) is 0.639. The molecule has 1 nitrogen and oxygen atoms in total. The Morgan fingerprint density at radius 3 is 2.73 bits per heavy atom. The lowest BCUT2D eigenvalue weighted by molar-refractivity contribution is 0.0876. The highest BCUT2D eigenvalue weighted by atomic mass is 15.2. The van der Waals surface area contributed by atoms with Gasteiger partial charge in [0.25, 0.3) is 0 Å². The zero-order valence-electron chi connectivity index (χ0n) is 9.39. The summed E-state index contributed by atoms with van der Waals surface area (Å²) in [6.45, 7) is 8.40. The van der Waals surface area contributed by atoms with E-state index in [0.29, 0.717) is 12.0 Å². The van der Waals surface area contributed by atoms with Crippen molar-refractivity contribution in [1.82, 2.24) is 4.90 Å². The molecule has 0 spiro atoms. The first-order valence-corrected chi connectivity index (χ1v) is 5.73. The van der Waals surface area contributed by atoms with Crippen LogP contribution in [0.3, 0.4) is 0 Å². The lowest BCUT2D eigenvalue weighted by atomic mass is 9.85. The molecule has 2 atom stereocenters. The van der Waals surface area contributed by atoms with Gasteiger partial charge in [-0.3, -0.25) is 4.90 Å². The number of benzene rings is 1. The predicted octanol–water partition coefficient (Wildman–Crippen LogP) is 3.05. The minimum atomic E-state index is 0.639. The molecule has 2 rings (SSSR count). The van der Waals surface area contributed by atoms with Gasteiger partial charge in [0.1, 0.15) is 0 Å². The molecule has 1 aromatic rings. The van der Waals surface area contributed by atoms with Crippen LogP contribution >= 0.6 is 0 Å². The molecule has 1 aliphatic heterocycles. The standard InChI is InChI=1S/C14H19N/c1-3-10-15-11-9-14(15)12(2)13-7-5-4-6-8-13/h3-8,12,14H,1,9-11H2,2H3/t12-,14-/m0/s1. The molecule has 0 saturated carbocycles. The van der Waals surface area contributed by atoms with Crippen LogP contribution in [0, 0.1) is 0 Å². The number of likely N-dealkylation sites (tertiary alicyclic amines) is 1. The van der Waals surface area contributed by atoms with Crippen molar-refractivity contribution in [1.29, 1.82) is 0 Å². The highest BCUT2D eigenvalue weighted by molar-refractivity contribution is 5.21. The Balaban J connectivity index is 2.02. The molecule has 1 saturated heterocycles. The molecule has 15 heavy (non-hydrogen) atoms. The van der Waals surface area contributed by atoms with E-state index in [1.54, 1.807) is 0 Å². The van der Waals surface area contributed by atoms with Crippen LogP contribution < -0.4 is 0 Å². The molecule has 80 valence electrons. The fourth-order valence-corrected chi connectivity index (χ4v) is 2.40. The first kappa shape index (κ1) is 10.4. The molecule has 1 heterocycles. The molecular weight excluding hydrogens is 182 g/mol. The first-order chi connectivity index (χ1) is 7.33. The Bertz CT molecular complexity index is 317. The van der Waals surface area contributed by atoms with Gasteiger partial charge in [-0.15, -0.1) is 6.58 Å². The van der Waals surface area contributed by atoms with E-state index in [9.17, 15) is 0 Å². The van der Waals surface area contributed by atoms with Crippen LogP contribution in [0.1, 0.15) is 24.8 Å². The molecule has 0 N–H and O–H groups in total. The monoisotopic (exact) mass is 201 g/mol. The molecule has 0 aliphatic carbocycles. The smallest absolute Gasteiger partial charge is 0.0177 e. The van der Waals surface area contributed by atoms with Crippen molar-refractivity contribution in [3.05, 3.63) is 48.6 Å². The summed E-state index contributed by atoms with van der Waals surface area (Å²) in [6, 6.07) is 11.5. The van der Waals surface area contributed by atoms with Gasteiger partial charge >= 0.3 is 0 Å². The number of rotatable bonds is 4. The van der Waals surface area contributed by atoms with Gasteiger partial charge in [-0.05, 0) is 17.9 Å². The maximum absolute atomic E-state index is 3.81. The summed E-state index contributed by atoms with van der Waals surface area (Å²) in [5.41, 5.74) is 1.45. The molecule has 1 aromatic carbocycles. The van der Waals surface area contributed by atoms with Crippen molar-refractivity contribution in [2.24, 2.45) is 0 Å². The van der Waals surface area contributed by atoms with Gasteiger partial charge in [0, 0.05) is 19.1 Å². The van der Waals surface area contributed by atoms with Gasteiger partial charge in [0.2, 0.25) is 0 Å². The topological polar surface area (TPSA) is 3.24 Å². The van der Waals surface area contributed by atoms with Crippen LogP contribution in [0.5, 0.6) is 0 Å². The van der Waals surface area contributed by atoms with E-state index in [1.165, 1.54) is 18.5 Å². The Kier molecular flexibility index (Phi) is 3.22. The summed E-state index contributed by atoms with van der Waals surface area (Å²) < 4.78 is 0. The third-order valence-electron chi connectivity index (χ3n) is 3.45. The summed E-state index contributed by atoms with van der Waals surface area (Å²) in [6.07, 6.45) is 3.33. The molecule has 1 heteroatoms. The van der Waals surface area contributed by atoms with Crippen molar-refractivity contribution in [2.45, 2.75) is 25.3 Å². The van der Waals surface area contributed by atoms with E-state index in [0.717, 1.165) is 6.54 Å². The Labute approximate surface area is 92.4 Å². The second-order valence-electron chi connectivity index (χ2n) is 4.34. The summed E-state index contributed by atoms with van der Waals surface area (Å²) in [5, 5.41) is 0. The van der Waals surface area contributed by atoms with Crippen LogP contribution in [0.15, 0.2) is 43.0 Å². The summed E-state index contributed by atoms with van der Waals surface area (Å²) >= 11 is 0. The van der Waals surface area contributed by atoms with E-state index >= 15 is 0 Å². The highest BCUT2D eigenvalue weighted by Gasteiger charge is 2.31. The van der Waals surface area contributed by atoms with Crippen molar-refractivity contribution in [3.8, 4) is 0 Å². The van der Waals surface area contributed by atoms with Gasteiger partial charge in [0.15, 0.2) is 0 Å². The normalized spacial score (nSPS) is 23.1. The third kappa shape index (κ3) is 2.13. The van der Waals surface area contributed by atoms with E-state index in [4.69, 9.17) is 0 Å². The third-order valence-corrected chi connectivity index (χ3v) is 3.45. The van der Waals surface area contributed by atoms with E-state index in [2.05, 4.69) is 48.7 Å². The van der Waals surface area contributed by atoms with Crippen LogP contribution in [0.4, 0.5) is 0 Å². The predicted molar refractivity (Wildman–Crippen MR) is 65.0 cm³/mol. The quantitative estimate of drug-likeness (QED) is 0.677. The highest BCUT2D eigenvalue weighted by Crippen LogP contribution is 2.31. The molecule has 0 amide bonds. The second-order valence-corrected chi connectivity index (χ2v) is 4.34. The SMILES string of the molecule is C=CCN1CC[C@H]1[C@@H](C)c1ccccc1. The molecular formula is C14H19N. The van der Waals surface area contributed by atoms with E-state index in [-0.39, 0.29) is 0 Å². The summed E-state index contributed by atoms with van der Waals surface area (Å²) in [7, 11) is 0. The van der Waals surface area contributed by atoms with Crippen molar-refractivity contribution >= 4 is 0 Å². The first-order valence-electron chi connectivity index (χ1n) is 5.73. The Morgan fingerprint density at radius 2 is 2.20 bits per heavy atom. The number of hydrogen-bond donors (Lipinski definition) is 0. The van der Waals surface area contributed by atoms with Gasteiger partial charge in [-0.1, -0.05) is 43.3 Å². The lowest BCUT2D eigenvalue weighted by Crippen LogP contribution is -2.50. The van der Waals surface area contributed by atoms with Gasteiger partial charge < -0.3 is 0 Å². The molecule has 1 aliphatic rings. The van der Waals surface area contributed by atoms with Crippen molar-refractivity contribution in [3.63, 3.8) is 0 Å². The molecule has 0 aromatic heterocycles. The fraction of sp³-hybridized carbons (Fsp3) is 0.429. The average molecular weight is 201 g/mol. The fourth-order valence-electron chi connectivity index (χ4n) is 2.40. The molecule has 1 fully saturated rings. The van der Waals surface area contributed by atoms with Crippen LogP contribution in [-0.2, 0) is 0 Å². The average Bonchev–Trinajstić information content (AvgIpc) is 2.25. The second kappa shape index (κ2) is 4.63. The molecule has 0 radical (unpaired) electrons. The zero-order valence-corrected chi connectivity index (χ0v) is 9.39. The zero-order chi connectivity index (χ0) is 10.7. The minimum absolute atomic E-state index is 0.639. The number of hydrogen-bond acceptors (Lipinski definition) is 1. The summed E-state index contributed by atoms with van der Waals surface area (Å²) in [4.78, 5) is 2.50. The van der Waals surface area contributed by atoms with Gasteiger partial charge in [-0.2, -0.15) is 0 Å². The van der Waals surface area contributed by atoms with Crippen molar-refractivity contribution < 1.29 is 0 Å². The van der Waals surface area contributed by atoms with Crippen LogP contribution in [0.2, 0.25) is 0 Å². The largest absolute Gasteiger partial charge is 0.296 e. The lowest BCUT2D eigenvalue weighted by Gasteiger charge is -2.44. The van der Waals surface area contributed by atoms with E-state index in [1.807, 2.05) is 6.08 Å². The molecule has 0 unspecified atom stereocenters. The van der Waals surface area contributed by atoms with Gasteiger partial charge in [0.05, 0.1) is 0 Å². The van der Waals surface area contributed by atoms with E-state index < -0.39 is 0 Å². The maximum atomic E-state index is 3.81. The number of nitrogens with zero attached hydrogens (tertiary/aromatic N) is 1. The Morgan fingerprint density at radius 1 is 1.47 bits per heavy atom. The van der Waals surface area contributed by atoms with Crippen molar-refractivity contribution in [2.75, 3.05) is 13.1 Å². The van der Waals surface area contributed by atoms with Crippen LogP contribution in [0.25, 0.3) is 0 Å². The maximum Gasteiger partial charge on any atom is 0.0177 e. The molecule has 0 bridgehead atoms. The van der Waals surface area contributed by atoms with Crippen LogP contribution in [-0.4, -0.2) is 24.0 Å². The Hall–Kier alpha value is -1.08. The minimum Gasteiger partial charge on any atom is -0.296 e.